The van der Waals surface area contributed by atoms with E-state index in [9.17, 15) is 4.79 Å². The molecule has 0 radical (unpaired) electrons. The van der Waals surface area contributed by atoms with Gasteiger partial charge in [0.1, 0.15) is 0 Å². The van der Waals surface area contributed by atoms with Crippen LogP contribution in [-0.2, 0) is 4.79 Å². The van der Waals surface area contributed by atoms with E-state index in [1.807, 2.05) is 0 Å². The van der Waals surface area contributed by atoms with Gasteiger partial charge in [0, 0.05) is 16.6 Å². The number of halogens is 2. The van der Waals surface area contributed by atoms with Crippen LogP contribution in [0.25, 0.3) is 0 Å². The zero-order valence-corrected chi connectivity index (χ0v) is 14.9. The van der Waals surface area contributed by atoms with Crippen molar-refractivity contribution in [2.45, 2.75) is 58.4 Å². The van der Waals surface area contributed by atoms with Crippen LogP contribution in [0.4, 0.5) is 0 Å². The molecule has 2 nitrogen and oxygen atoms in total. The van der Waals surface area contributed by atoms with Crippen LogP contribution in [0.1, 0.15) is 52.9 Å². The van der Waals surface area contributed by atoms with Crippen molar-refractivity contribution in [1.29, 1.82) is 0 Å². The summed E-state index contributed by atoms with van der Waals surface area (Å²) >= 11 is 7.06. The van der Waals surface area contributed by atoms with Crippen molar-refractivity contribution in [3.05, 3.63) is 0 Å². The predicted molar refractivity (Wildman–Crippen MR) is 84.5 cm³/mol. The first kappa shape index (κ1) is 16.5. The molecule has 1 amide bonds. The summed E-state index contributed by atoms with van der Waals surface area (Å²) in [7, 11) is 0. The maximum absolute atomic E-state index is 12.6. The third kappa shape index (κ3) is 3.72. The SMILES string of the molecule is CCC(CBr)(CBr)NC(=O)C1CCCCC1(C)C. The van der Waals surface area contributed by atoms with Crippen LogP contribution in [0, 0.1) is 11.3 Å². The van der Waals surface area contributed by atoms with E-state index in [4.69, 9.17) is 0 Å². The van der Waals surface area contributed by atoms with E-state index in [1.54, 1.807) is 0 Å². The Morgan fingerprint density at radius 2 is 1.94 bits per heavy atom. The number of hydrogen-bond donors (Lipinski definition) is 1. The molecule has 4 heteroatoms. The highest BCUT2D eigenvalue weighted by molar-refractivity contribution is 9.09. The predicted octanol–water partition coefficient (Wildman–Crippen LogP) is 4.26. The lowest BCUT2D eigenvalue weighted by molar-refractivity contribution is -0.131. The quantitative estimate of drug-likeness (QED) is 0.707. The number of alkyl halides is 2. The Balaban J connectivity index is 2.74. The number of hydrogen-bond acceptors (Lipinski definition) is 1. The molecule has 0 aliphatic heterocycles. The summed E-state index contributed by atoms with van der Waals surface area (Å²) in [6, 6.07) is 0. The van der Waals surface area contributed by atoms with Gasteiger partial charge >= 0.3 is 0 Å². The Bertz CT molecular complexity index is 279. The number of carbonyl (C=O) groups excluding carboxylic acids is 1. The number of nitrogens with one attached hydrogen (secondary N) is 1. The van der Waals surface area contributed by atoms with Gasteiger partial charge in [-0.05, 0) is 24.7 Å². The normalized spacial score (nSPS) is 23.7. The molecule has 0 saturated heterocycles. The van der Waals surface area contributed by atoms with Crippen molar-refractivity contribution in [3.63, 3.8) is 0 Å². The fourth-order valence-corrected chi connectivity index (χ4v) is 4.71. The van der Waals surface area contributed by atoms with E-state index in [2.05, 4.69) is 57.9 Å². The maximum atomic E-state index is 12.6. The van der Waals surface area contributed by atoms with Crippen molar-refractivity contribution in [2.75, 3.05) is 10.7 Å². The van der Waals surface area contributed by atoms with Crippen LogP contribution in [0.2, 0.25) is 0 Å². The first-order valence-electron chi connectivity index (χ1n) is 6.85. The Labute approximate surface area is 128 Å². The highest BCUT2D eigenvalue weighted by atomic mass is 79.9. The molecular formula is C14H25Br2NO. The standard InChI is InChI=1S/C14H25Br2NO/c1-4-14(9-15,10-16)17-12(18)11-7-5-6-8-13(11,2)3/h11H,4-10H2,1-3H3,(H,17,18). The van der Waals surface area contributed by atoms with Crippen molar-refractivity contribution >= 4 is 37.8 Å². The topological polar surface area (TPSA) is 29.1 Å². The Morgan fingerprint density at radius 1 is 1.33 bits per heavy atom. The fraction of sp³-hybridized carbons (Fsp3) is 0.929. The number of rotatable bonds is 5. The van der Waals surface area contributed by atoms with E-state index >= 15 is 0 Å². The Kier molecular flexibility index (Phi) is 6.17. The van der Waals surface area contributed by atoms with Gasteiger partial charge in [-0.3, -0.25) is 4.79 Å². The zero-order chi connectivity index (χ0) is 13.8. The molecule has 0 spiro atoms. The van der Waals surface area contributed by atoms with Gasteiger partial charge in [0.25, 0.3) is 0 Å². The van der Waals surface area contributed by atoms with Gasteiger partial charge in [-0.15, -0.1) is 0 Å². The summed E-state index contributed by atoms with van der Waals surface area (Å²) in [5.74, 6) is 0.399. The fourth-order valence-electron chi connectivity index (χ4n) is 2.71. The van der Waals surface area contributed by atoms with E-state index < -0.39 is 0 Å². The van der Waals surface area contributed by atoms with Gasteiger partial charge in [0.2, 0.25) is 5.91 Å². The van der Waals surface area contributed by atoms with Crippen molar-refractivity contribution in [1.82, 2.24) is 5.32 Å². The molecule has 1 atom stereocenters. The minimum Gasteiger partial charge on any atom is -0.349 e. The minimum absolute atomic E-state index is 0.139. The van der Waals surface area contributed by atoms with Crippen molar-refractivity contribution in [2.24, 2.45) is 11.3 Å². The van der Waals surface area contributed by atoms with Crippen LogP contribution in [0.5, 0.6) is 0 Å². The monoisotopic (exact) mass is 381 g/mol. The molecular weight excluding hydrogens is 358 g/mol. The molecule has 0 heterocycles. The van der Waals surface area contributed by atoms with Crippen LogP contribution in [0.3, 0.4) is 0 Å². The van der Waals surface area contributed by atoms with E-state index in [-0.39, 0.29) is 22.8 Å². The van der Waals surface area contributed by atoms with Crippen LogP contribution >= 0.6 is 31.9 Å². The Morgan fingerprint density at radius 3 is 2.39 bits per heavy atom. The smallest absolute Gasteiger partial charge is 0.224 e. The maximum Gasteiger partial charge on any atom is 0.224 e. The van der Waals surface area contributed by atoms with Crippen molar-refractivity contribution in [3.8, 4) is 0 Å². The zero-order valence-electron chi connectivity index (χ0n) is 11.7. The molecule has 18 heavy (non-hydrogen) atoms. The summed E-state index contributed by atoms with van der Waals surface area (Å²) in [4.78, 5) is 12.6. The lowest BCUT2D eigenvalue weighted by atomic mass is 9.68. The average Bonchev–Trinajstić information content (AvgIpc) is 2.35. The molecule has 106 valence electrons. The van der Waals surface area contributed by atoms with Gasteiger partial charge < -0.3 is 5.32 Å². The molecule has 0 aromatic heterocycles. The second kappa shape index (κ2) is 6.74. The van der Waals surface area contributed by atoms with Crippen molar-refractivity contribution < 1.29 is 4.79 Å². The van der Waals surface area contributed by atoms with E-state index in [1.165, 1.54) is 12.8 Å². The highest BCUT2D eigenvalue weighted by Crippen LogP contribution is 2.41. The molecule has 0 aromatic carbocycles. The third-order valence-electron chi connectivity index (χ3n) is 4.40. The average molecular weight is 383 g/mol. The van der Waals surface area contributed by atoms with Gasteiger partial charge in [-0.1, -0.05) is 65.5 Å². The molecule has 1 fully saturated rings. The highest BCUT2D eigenvalue weighted by Gasteiger charge is 2.39. The molecule has 1 rings (SSSR count). The first-order chi connectivity index (χ1) is 8.40. The van der Waals surface area contributed by atoms with Gasteiger partial charge in [0.15, 0.2) is 0 Å². The molecule has 0 bridgehead atoms. The number of carbonyl (C=O) groups is 1. The summed E-state index contributed by atoms with van der Waals surface area (Å²) < 4.78 is 0. The molecule has 1 N–H and O–H groups in total. The summed E-state index contributed by atoms with van der Waals surface area (Å²) in [5.41, 5.74) is -0.00888. The Hall–Kier alpha value is 0.430. The summed E-state index contributed by atoms with van der Waals surface area (Å²) in [6.07, 6.45) is 5.56. The van der Waals surface area contributed by atoms with Gasteiger partial charge in [-0.2, -0.15) is 0 Å². The third-order valence-corrected chi connectivity index (χ3v) is 6.55. The summed E-state index contributed by atoms with van der Waals surface area (Å²) in [5, 5.41) is 4.86. The van der Waals surface area contributed by atoms with Crippen LogP contribution in [-0.4, -0.2) is 22.1 Å². The second-order valence-corrected chi connectivity index (χ2v) is 7.30. The largest absolute Gasteiger partial charge is 0.349 e. The van der Waals surface area contributed by atoms with Gasteiger partial charge in [-0.25, -0.2) is 0 Å². The van der Waals surface area contributed by atoms with E-state index in [0.29, 0.717) is 0 Å². The lowest BCUT2D eigenvalue weighted by Crippen LogP contribution is -2.55. The van der Waals surface area contributed by atoms with Crippen LogP contribution in [0.15, 0.2) is 0 Å². The number of amides is 1. The molecule has 1 aliphatic carbocycles. The molecule has 0 aromatic rings. The van der Waals surface area contributed by atoms with Gasteiger partial charge in [0.05, 0.1) is 5.54 Å². The van der Waals surface area contributed by atoms with E-state index in [0.717, 1.165) is 29.9 Å². The first-order valence-corrected chi connectivity index (χ1v) is 9.09. The molecule has 1 saturated carbocycles. The molecule has 1 unspecified atom stereocenters. The molecule has 1 aliphatic rings. The second-order valence-electron chi connectivity index (χ2n) is 6.18. The minimum atomic E-state index is -0.148. The lowest BCUT2D eigenvalue weighted by Gasteiger charge is -2.40. The summed E-state index contributed by atoms with van der Waals surface area (Å²) in [6.45, 7) is 6.58. The van der Waals surface area contributed by atoms with Crippen LogP contribution < -0.4 is 5.32 Å².